The van der Waals surface area contributed by atoms with Gasteiger partial charge in [-0.15, -0.1) is 0 Å². The Hall–Kier alpha value is -2.74. The summed E-state index contributed by atoms with van der Waals surface area (Å²) < 4.78 is 59.2. The summed E-state index contributed by atoms with van der Waals surface area (Å²) in [6.45, 7) is -3.05. The Bertz CT molecular complexity index is 996. The molecule has 26 heavy (non-hydrogen) atoms. The molecule has 1 aliphatic heterocycles. The Morgan fingerprint density at radius 1 is 1.12 bits per heavy atom. The minimum absolute atomic E-state index is 0.00129. The van der Waals surface area contributed by atoms with Crippen LogP contribution in [0.25, 0.3) is 6.08 Å². The first-order chi connectivity index (χ1) is 12.3. The van der Waals surface area contributed by atoms with Crippen LogP contribution in [0.4, 0.5) is 8.78 Å². The molecule has 0 radical (unpaired) electrons. The van der Waals surface area contributed by atoms with Crippen molar-refractivity contribution >= 4 is 21.7 Å². The standard InChI is InChI=1S/C18H14F2O5S/c1-24-14-7-6-11(9-15(14)25-18(19)20)8-12-10-26(22,23)16-5-3-2-4-13(16)17(12)21/h2-9,18H,10H2,1H3/b12-8+. The molecule has 0 aliphatic carbocycles. The third kappa shape index (κ3) is 3.45. The van der Waals surface area contributed by atoms with Gasteiger partial charge in [0, 0.05) is 11.1 Å². The SMILES string of the molecule is COc1ccc(/C=C2\CS(=O)(=O)c3ccccc3C2=O)cc1OC(F)F. The summed E-state index contributed by atoms with van der Waals surface area (Å²) in [6.07, 6.45) is 1.35. The summed E-state index contributed by atoms with van der Waals surface area (Å²) >= 11 is 0. The van der Waals surface area contributed by atoms with Crippen LogP contribution in [0.15, 0.2) is 52.9 Å². The molecule has 2 aromatic carbocycles. The normalized spacial score (nSPS) is 17.2. The van der Waals surface area contributed by atoms with E-state index in [1.165, 1.54) is 43.5 Å². The Labute approximate surface area is 148 Å². The molecule has 136 valence electrons. The smallest absolute Gasteiger partial charge is 0.387 e. The molecule has 0 spiro atoms. The van der Waals surface area contributed by atoms with E-state index in [1.807, 2.05) is 0 Å². The zero-order chi connectivity index (χ0) is 18.9. The van der Waals surface area contributed by atoms with E-state index in [-0.39, 0.29) is 27.5 Å². The van der Waals surface area contributed by atoms with Gasteiger partial charge in [0.15, 0.2) is 27.1 Å². The van der Waals surface area contributed by atoms with Gasteiger partial charge in [-0.3, -0.25) is 4.79 Å². The number of sulfone groups is 1. The number of hydrogen-bond donors (Lipinski definition) is 0. The van der Waals surface area contributed by atoms with E-state index in [0.29, 0.717) is 5.56 Å². The minimum atomic E-state index is -3.65. The van der Waals surface area contributed by atoms with Crippen LogP contribution in [0.1, 0.15) is 15.9 Å². The van der Waals surface area contributed by atoms with Crippen molar-refractivity contribution in [2.45, 2.75) is 11.5 Å². The van der Waals surface area contributed by atoms with Crippen molar-refractivity contribution < 1.29 is 31.5 Å². The molecule has 2 aromatic rings. The molecule has 0 N–H and O–H groups in total. The highest BCUT2D eigenvalue weighted by Crippen LogP contribution is 2.32. The lowest BCUT2D eigenvalue weighted by Gasteiger charge is -2.18. The number of hydrogen-bond acceptors (Lipinski definition) is 5. The highest BCUT2D eigenvalue weighted by molar-refractivity contribution is 7.91. The zero-order valence-corrected chi connectivity index (χ0v) is 14.4. The topological polar surface area (TPSA) is 69.7 Å². The van der Waals surface area contributed by atoms with Crippen LogP contribution in [-0.4, -0.2) is 33.7 Å². The summed E-state index contributed by atoms with van der Waals surface area (Å²) in [7, 11) is -2.35. The summed E-state index contributed by atoms with van der Waals surface area (Å²) in [6, 6.07) is 10.2. The quantitative estimate of drug-likeness (QED) is 0.761. The largest absolute Gasteiger partial charge is 0.493 e. The molecular formula is C18H14F2O5S. The van der Waals surface area contributed by atoms with E-state index in [4.69, 9.17) is 4.74 Å². The summed E-state index contributed by atoms with van der Waals surface area (Å²) in [5, 5.41) is 0. The predicted octanol–water partition coefficient (Wildman–Crippen LogP) is 3.35. The lowest BCUT2D eigenvalue weighted by molar-refractivity contribution is -0.0512. The first kappa shape index (κ1) is 18.1. The fraction of sp³-hybridized carbons (Fsp3) is 0.167. The fourth-order valence-corrected chi connectivity index (χ4v) is 4.29. The molecule has 0 bridgehead atoms. The second-order valence-corrected chi connectivity index (χ2v) is 7.50. The molecule has 3 rings (SSSR count). The molecule has 0 atom stereocenters. The Morgan fingerprint density at radius 3 is 2.54 bits per heavy atom. The fourth-order valence-electron chi connectivity index (χ4n) is 2.73. The molecule has 5 nitrogen and oxygen atoms in total. The zero-order valence-electron chi connectivity index (χ0n) is 13.6. The van der Waals surface area contributed by atoms with Crippen molar-refractivity contribution in [2.75, 3.05) is 12.9 Å². The van der Waals surface area contributed by atoms with Crippen molar-refractivity contribution in [1.29, 1.82) is 0 Å². The first-order valence-corrected chi connectivity index (χ1v) is 9.17. The molecule has 0 fully saturated rings. The average Bonchev–Trinajstić information content (AvgIpc) is 2.59. The number of Topliss-reactive ketones (excluding diaryl/α,β-unsaturated/α-hetero) is 1. The average molecular weight is 380 g/mol. The monoisotopic (exact) mass is 380 g/mol. The van der Waals surface area contributed by atoms with Crippen LogP contribution in [0, 0.1) is 0 Å². The first-order valence-electron chi connectivity index (χ1n) is 7.52. The number of ether oxygens (including phenoxy) is 2. The van der Waals surface area contributed by atoms with E-state index in [1.54, 1.807) is 12.1 Å². The van der Waals surface area contributed by atoms with Crippen molar-refractivity contribution in [3.63, 3.8) is 0 Å². The van der Waals surface area contributed by atoms with Gasteiger partial charge in [0.25, 0.3) is 0 Å². The second-order valence-electron chi connectivity index (χ2n) is 5.54. The molecule has 0 saturated carbocycles. The maximum Gasteiger partial charge on any atom is 0.387 e. The highest BCUT2D eigenvalue weighted by atomic mass is 32.2. The van der Waals surface area contributed by atoms with Gasteiger partial charge < -0.3 is 9.47 Å². The number of carbonyl (C=O) groups excluding carboxylic acids is 1. The molecule has 0 aromatic heterocycles. The Balaban J connectivity index is 2.05. The third-order valence-corrected chi connectivity index (χ3v) is 5.57. The van der Waals surface area contributed by atoms with Gasteiger partial charge in [-0.25, -0.2) is 8.42 Å². The molecule has 1 aliphatic rings. The number of benzene rings is 2. The molecule has 1 heterocycles. The van der Waals surface area contributed by atoms with Gasteiger partial charge >= 0.3 is 6.61 Å². The molecule has 0 saturated heterocycles. The Kier molecular flexibility index (Phi) is 4.78. The molecular weight excluding hydrogens is 366 g/mol. The van der Waals surface area contributed by atoms with Crippen LogP contribution < -0.4 is 9.47 Å². The van der Waals surface area contributed by atoms with Crippen LogP contribution in [0.5, 0.6) is 11.5 Å². The number of methoxy groups -OCH3 is 1. The number of alkyl halides is 2. The van der Waals surface area contributed by atoms with E-state index in [2.05, 4.69) is 4.74 Å². The molecule has 0 unspecified atom stereocenters. The van der Waals surface area contributed by atoms with Gasteiger partial charge in [-0.1, -0.05) is 18.2 Å². The third-order valence-electron chi connectivity index (χ3n) is 3.85. The summed E-state index contributed by atoms with van der Waals surface area (Å²) in [5.74, 6) is -0.980. The van der Waals surface area contributed by atoms with Crippen LogP contribution in [-0.2, 0) is 9.84 Å². The molecule has 0 amide bonds. The van der Waals surface area contributed by atoms with Crippen molar-refractivity contribution in [3.05, 3.63) is 59.2 Å². The highest BCUT2D eigenvalue weighted by Gasteiger charge is 2.32. The van der Waals surface area contributed by atoms with Crippen LogP contribution in [0.3, 0.4) is 0 Å². The van der Waals surface area contributed by atoms with Crippen molar-refractivity contribution in [2.24, 2.45) is 0 Å². The van der Waals surface area contributed by atoms with E-state index in [0.717, 1.165) is 0 Å². The van der Waals surface area contributed by atoms with E-state index in [9.17, 15) is 22.0 Å². The number of fused-ring (bicyclic) bond motifs is 1. The van der Waals surface area contributed by atoms with Gasteiger partial charge in [-0.05, 0) is 35.9 Å². The minimum Gasteiger partial charge on any atom is -0.493 e. The van der Waals surface area contributed by atoms with Gasteiger partial charge in [0.1, 0.15) is 0 Å². The van der Waals surface area contributed by atoms with Gasteiger partial charge in [0.05, 0.1) is 17.8 Å². The lowest BCUT2D eigenvalue weighted by Crippen LogP contribution is -2.24. The summed E-state index contributed by atoms with van der Waals surface area (Å²) in [5.41, 5.74) is 0.499. The maximum absolute atomic E-state index is 12.6. The van der Waals surface area contributed by atoms with Crippen LogP contribution in [0.2, 0.25) is 0 Å². The second kappa shape index (κ2) is 6.87. The number of rotatable bonds is 4. The lowest BCUT2D eigenvalue weighted by atomic mass is 10.0. The van der Waals surface area contributed by atoms with E-state index >= 15 is 0 Å². The van der Waals surface area contributed by atoms with Crippen molar-refractivity contribution in [3.8, 4) is 11.5 Å². The Morgan fingerprint density at radius 2 is 1.85 bits per heavy atom. The maximum atomic E-state index is 12.6. The predicted molar refractivity (Wildman–Crippen MR) is 90.4 cm³/mol. The number of halogens is 2. The van der Waals surface area contributed by atoms with Crippen LogP contribution >= 0.6 is 0 Å². The van der Waals surface area contributed by atoms with Gasteiger partial charge in [0.2, 0.25) is 0 Å². The molecule has 8 heteroatoms. The van der Waals surface area contributed by atoms with E-state index < -0.39 is 28.0 Å². The van der Waals surface area contributed by atoms with Crippen molar-refractivity contribution in [1.82, 2.24) is 0 Å². The number of carbonyl (C=O) groups is 1. The summed E-state index contributed by atoms with van der Waals surface area (Å²) in [4.78, 5) is 12.6. The van der Waals surface area contributed by atoms with Gasteiger partial charge in [-0.2, -0.15) is 8.78 Å². The number of ketones is 1.